The van der Waals surface area contributed by atoms with Gasteiger partial charge in [-0.1, -0.05) is 43.0 Å². The Morgan fingerprint density at radius 2 is 0.779 bits per heavy atom. The number of halogens is 2. The molecule has 35 nitrogen and oxygen atoms in total. The molecule has 5 heterocycles. The van der Waals surface area contributed by atoms with Gasteiger partial charge in [-0.15, -0.1) is 0 Å². The van der Waals surface area contributed by atoms with Gasteiger partial charge in [0.05, 0.1) is 71.1 Å². The first kappa shape index (κ1) is 118. The number of piperidine rings is 3. The van der Waals surface area contributed by atoms with Crippen molar-refractivity contribution in [2.24, 2.45) is 0 Å². The number of likely N-dealkylation sites (tertiary alicyclic amines) is 2. The van der Waals surface area contributed by atoms with Crippen LogP contribution < -0.4 is 38.2 Å². The Bertz CT molecular complexity index is 5550. The zero-order chi connectivity index (χ0) is 104. The van der Waals surface area contributed by atoms with Gasteiger partial charge in [-0.3, -0.25) is 38.6 Å². The van der Waals surface area contributed by atoms with Crippen LogP contribution in [0.3, 0.4) is 0 Å². The minimum absolute atomic E-state index is 0.00753. The number of benzene rings is 7. The van der Waals surface area contributed by atoms with Gasteiger partial charge in [0, 0.05) is 73.6 Å². The zero-order valence-electron chi connectivity index (χ0n) is 79.3. The molecule has 5 aliphatic rings. The molecule has 0 spiro atoms. The Balaban J connectivity index is 0.000000343. The standard InChI is InChI=1S/C23H23NO5Se.C17H19NO5.C17H17NO5.C12H11ClO4.C12H12O5.C9H9IO3.C5H9NO.C4H8O.C3H4O2/c1-28-19-12-10-16(15-18(19)23(27)29-2)11-13-21(25)24-14-6-9-20(22(24)26)30-17-7-4-3-5-8-17;2*1-22-14-8-6-12(11-13(14)17(21)23-2)7-9-16(20)18-10-4-3-5-15(18)19;2*1-16-10-5-3-8(4-6-11(13)14)7-9(10)12(15)17-2;1-12-8-4-3-6(10)5-7(8)9(11)13-2;7-5-3-1-2-4-6-5;1-2-4-5-3-1;1-2-3(4)5/h3-5,7-8,10-13,15,20H,6,9,14H2,1-2H3;6-9,11H,3-5,10H2,1-2H3;3,5-9,11H,4,10H2,1-2H3;3-7H,1-2H3;3-7H,1-2H3,(H,13,14);3-5H,1-2H3;1-4H2,(H,6,7);1-4H2;2H,1H2,(H,4,5)/b13-11+;2*9-7+;2*6-4+;;;;. The van der Waals surface area contributed by atoms with Crippen LogP contribution in [0, 0.1) is 3.57 Å². The molecule has 746 valence electrons. The number of esters is 6. The number of rotatable bonds is 25. The van der Waals surface area contributed by atoms with Gasteiger partial charge in [0.15, 0.2) is 0 Å². The molecule has 4 saturated heterocycles. The van der Waals surface area contributed by atoms with Crippen LogP contribution in [0.5, 0.6) is 34.5 Å². The molecule has 0 radical (unpaired) electrons. The summed E-state index contributed by atoms with van der Waals surface area (Å²) in [5.74, 6) is -3.97. The topological polar surface area (TPSA) is 455 Å². The van der Waals surface area contributed by atoms with E-state index in [1.165, 1.54) is 161 Å². The van der Waals surface area contributed by atoms with E-state index in [0.717, 1.165) is 84.9 Å². The van der Waals surface area contributed by atoms with E-state index in [4.69, 9.17) is 69.2 Å². The average molecular weight is 2130 g/mol. The Hall–Kier alpha value is -14.7. The number of ether oxygens (including phenoxy) is 13. The Kier molecular flexibility index (Phi) is 54.8. The number of hydrogen-bond donors (Lipinski definition) is 3. The predicted molar refractivity (Wildman–Crippen MR) is 530 cm³/mol. The molecule has 7 amide bonds. The number of carbonyl (C=O) groups excluding carboxylic acids is 14. The molecule has 12 rings (SSSR count). The number of aliphatic carboxylic acids is 2. The van der Waals surface area contributed by atoms with E-state index in [0.29, 0.717) is 106 Å². The summed E-state index contributed by atoms with van der Waals surface area (Å²) < 4.78 is 65.5. The third-order valence-corrected chi connectivity index (χ3v) is 23.0. The van der Waals surface area contributed by atoms with Crippen LogP contribution >= 0.6 is 34.2 Å². The van der Waals surface area contributed by atoms with Crippen LogP contribution in [-0.2, 0) is 81.1 Å². The summed E-state index contributed by atoms with van der Waals surface area (Å²) in [7, 11) is 16.6. The summed E-state index contributed by atoms with van der Waals surface area (Å²) in [5.41, 5.74) is 4.95. The summed E-state index contributed by atoms with van der Waals surface area (Å²) in [6, 6.07) is 39.6. The van der Waals surface area contributed by atoms with Gasteiger partial charge in [-0.2, -0.15) is 0 Å². The second-order valence-electron chi connectivity index (χ2n) is 28.8. The van der Waals surface area contributed by atoms with Crippen LogP contribution in [0.4, 0.5) is 0 Å². The fraction of sp³-hybridized carbons (Fsp3) is 0.294. The van der Waals surface area contributed by atoms with Crippen molar-refractivity contribution in [1.29, 1.82) is 0 Å². The maximum absolute atomic E-state index is 12.9. The number of imide groups is 3. The van der Waals surface area contributed by atoms with Crippen molar-refractivity contribution in [3.8, 4) is 34.5 Å². The van der Waals surface area contributed by atoms with Gasteiger partial charge in [-0.25, -0.2) is 33.6 Å². The first-order chi connectivity index (χ1) is 67.2. The van der Waals surface area contributed by atoms with E-state index in [-0.39, 0.29) is 83.4 Å². The van der Waals surface area contributed by atoms with E-state index < -0.39 is 52.9 Å². The summed E-state index contributed by atoms with van der Waals surface area (Å²) in [6.07, 6.45) is 27.6. The fourth-order valence-corrected chi connectivity index (χ4v) is 15.4. The second-order valence-corrected chi connectivity index (χ2v) is 33.1. The molecule has 1 atom stereocenters. The van der Waals surface area contributed by atoms with Crippen LogP contribution in [0.1, 0.15) is 161 Å². The van der Waals surface area contributed by atoms with Gasteiger partial charge < -0.3 is 67.6 Å². The van der Waals surface area contributed by atoms with Gasteiger partial charge in [0.2, 0.25) is 17.1 Å². The molecule has 0 aliphatic carbocycles. The summed E-state index contributed by atoms with van der Waals surface area (Å²) >= 11 is 7.29. The van der Waals surface area contributed by atoms with Crippen molar-refractivity contribution in [3.63, 3.8) is 0 Å². The number of carbonyl (C=O) groups is 16. The molecular formula is C102H112ClIN4O31Se. The molecule has 0 saturated carbocycles. The molecule has 0 bridgehead atoms. The van der Waals surface area contributed by atoms with E-state index in [2.05, 4.69) is 48.7 Å². The third-order valence-electron chi connectivity index (χ3n) is 19.5. The van der Waals surface area contributed by atoms with Crippen molar-refractivity contribution < 1.29 is 149 Å². The summed E-state index contributed by atoms with van der Waals surface area (Å²) in [6.45, 7) is 7.10. The number of hydrogen-bond acceptors (Lipinski definition) is 29. The quantitative estimate of drug-likeness (QED) is 0.0119. The smallest absolute Gasteiger partial charge is 0.496 e. The minimum Gasteiger partial charge on any atom is -0.496 e. The molecule has 7 aromatic rings. The Morgan fingerprint density at radius 3 is 1.10 bits per heavy atom. The van der Waals surface area contributed by atoms with Crippen LogP contribution in [0.15, 0.2) is 195 Å². The molecule has 3 N–H and O–H groups in total. The summed E-state index contributed by atoms with van der Waals surface area (Å²) in [5, 5.41) is 18.3. The number of amides is 7. The molecule has 7 aromatic carbocycles. The van der Waals surface area contributed by atoms with Gasteiger partial charge in [0.1, 0.15) is 56.6 Å². The number of methoxy groups -OCH3 is 12. The monoisotopic (exact) mass is 2130 g/mol. The normalized spacial score (nSPS) is 13.8. The van der Waals surface area contributed by atoms with E-state index in [1.54, 1.807) is 121 Å². The first-order valence-electron chi connectivity index (χ1n) is 42.9. The molecule has 140 heavy (non-hydrogen) atoms. The molecule has 4 fully saturated rings. The maximum atomic E-state index is 12.9. The first-order valence-corrected chi connectivity index (χ1v) is 46.2. The molecule has 1 unspecified atom stereocenters. The SMILES string of the molecule is C1CCOC1.C=CC(=O)O.COC(=O)c1cc(/C=C/C(=O)Cl)ccc1OC.COC(=O)c1cc(/C=C/C(=O)N2CCC=CC2=O)ccc1OC.COC(=O)c1cc(/C=C/C(=O)N2CCCC([Se]c3ccccc3)C2=O)ccc1OC.COC(=O)c1cc(/C=C/C(=O)N2CCCCC2=O)ccc1OC.COC(=O)c1cc(/C=C/C(=O)O)ccc1OC.COC(=O)c1cc(I)ccc1OC.O=C1CCCCN1. The van der Waals surface area contributed by atoms with Gasteiger partial charge in [0.25, 0.3) is 17.7 Å². The van der Waals surface area contributed by atoms with Crippen molar-refractivity contribution >= 4 is 178 Å². The van der Waals surface area contributed by atoms with Crippen LogP contribution in [0.2, 0.25) is 4.82 Å². The Labute approximate surface area is 835 Å². The molecular weight excluding hydrogens is 2020 g/mol. The number of carboxylic acids is 2. The van der Waals surface area contributed by atoms with Gasteiger partial charge in [-0.05, 0) is 199 Å². The van der Waals surface area contributed by atoms with Crippen LogP contribution in [-0.4, -0.2) is 259 Å². The number of nitrogens with one attached hydrogen (secondary N) is 1. The van der Waals surface area contributed by atoms with Crippen molar-refractivity contribution in [2.75, 3.05) is 125 Å². The number of carboxylic acid groups (broad SMARTS) is 2. The molecule has 5 aliphatic heterocycles. The van der Waals surface area contributed by atoms with Crippen molar-refractivity contribution in [1.82, 2.24) is 20.0 Å². The van der Waals surface area contributed by atoms with E-state index >= 15 is 0 Å². The van der Waals surface area contributed by atoms with Gasteiger partial charge >= 0.3 is 224 Å². The van der Waals surface area contributed by atoms with Crippen LogP contribution in [0.25, 0.3) is 30.4 Å². The Morgan fingerprint density at radius 1 is 0.421 bits per heavy atom. The number of allylic oxidation sites excluding steroid dienone is 1. The average Bonchev–Trinajstić information content (AvgIpc) is 0.886. The minimum atomic E-state index is -1.06. The predicted octanol–water partition coefficient (Wildman–Crippen LogP) is 13.6. The van der Waals surface area contributed by atoms with E-state index in [9.17, 15) is 76.7 Å². The van der Waals surface area contributed by atoms with Crippen molar-refractivity contribution in [3.05, 3.63) is 259 Å². The second kappa shape index (κ2) is 65.2. The van der Waals surface area contributed by atoms with E-state index in [1.807, 2.05) is 36.4 Å². The molecule has 38 heteroatoms. The zero-order valence-corrected chi connectivity index (χ0v) is 84.0. The summed E-state index contributed by atoms with van der Waals surface area (Å²) in [4.78, 5) is 187. The third kappa shape index (κ3) is 41.3. The van der Waals surface area contributed by atoms with Crippen molar-refractivity contribution in [2.45, 2.75) is 75.4 Å². The fourth-order valence-electron chi connectivity index (χ4n) is 12.5. The number of nitrogens with zero attached hydrogens (tertiary/aromatic N) is 3. The molecule has 0 aromatic heterocycles.